The molecule has 4 atom stereocenters. The second-order valence-electron chi connectivity index (χ2n) is 6.71. The van der Waals surface area contributed by atoms with Gasteiger partial charge in [0.1, 0.15) is 5.78 Å². The van der Waals surface area contributed by atoms with Gasteiger partial charge in [0.15, 0.2) is 0 Å². The highest BCUT2D eigenvalue weighted by atomic mass is 16.1. The Hall–Kier alpha value is -1.11. The van der Waals surface area contributed by atoms with E-state index in [1.165, 1.54) is 18.4 Å². The Morgan fingerprint density at radius 3 is 2.61 bits per heavy atom. The highest BCUT2D eigenvalue weighted by molar-refractivity contribution is 5.83. The monoisotopic (exact) mass is 242 g/mol. The van der Waals surface area contributed by atoms with Gasteiger partial charge in [-0.1, -0.05) is 44.2 Å². The van der Waals surface area contributed by atoms with E-state index in [1.54, 1.807) is 0 Å². The summed E-state index contributed by atoms with van der Waals surface area (Å²) in [6.45, 7) is 4.57. The number of fused-ring (bicyclic) bond motifs is 1. The van der Waals surface area contributed by atoms with Crippen LogP contribution in [0.15, 0.2) is 30.3 Å². The van der Waals surface area contributed by atoms with Crippen LogP contribution in [0.25, 0.3) is 0 Å². The fourth-order valence-corrected chi connectivity index (χ4v) is 4.25. The minimum Gasteiger partial charge on any atom is -0.299 e. The fraction of sp³-hybridized carbons (Fsp3) is 0.588. The molecule has 0 radical (unpaired) electrons. The van der Waals surface area contributed by atoms with Crippen molar-refractivity contribution in [2.75, 3.05) is 0 Å². The van der Waals surface area contributed by atoms with Crippen LogP contribution in [0.1, 0.15) is 45.1 Å². The van der Waals surface area contributed by atoms with Crippen molar-refractivity contribution in [2.45, 2.75) is 44.9 Å². The molecule has 2 saturated carbocycles. The SMILES string of the molecule is C[C@H]1CC(=O)[C@H]2C[C@](C)(c3ccccc3)C[C@@H]2C1. The summed E-state index contributed by atoms with van der Waals surface area (Å²) in [5.41, 5.74) is 1.64. The largest absolute Gasteiger partial charge is 0.299 e. The van der Waals surface area contributed by atoms with E-state index >= 15 is 0 Å². The Morgan fingerprint density at radius 1 is 1.17 bits per heavy atom. The molecular weight excluding hydrogens is 220 g/mol. The molecule has 0 spiro atoms. The maximum absolute atomic E-state index is 12.2. The number of benzene rings is 1. The zero-order chi connectivity index (χ0) is 12.8. The smallest absolute Gasteiger partial charge is 0.136 e. The molecule has 18 heavy (non-hydrogen) atoms. The Morgan fingerprint density at radius 2 is 1.89 bits per heavy atom. The van der Waals surface area contributed by atoms with Crippen LogP contribution < -0.4 is 0 Å². The highest BCUT2D eigenvalue weighted by Gasteiger charge is 2.48. The van der Waals surface area contributed by atoms with Gasteiger partial charge in [0.05, 0.1) is 0 Å². The lowest BCUT2D eigenvalue weighted by Crippen LogP contribution is -2.28. The molecule has 0 amide bonds. The third kappa shape index (κ3) is 1.90. The summed E-state index contributed by atoms with van der Waals surface area (Å²) in [6, 6.07) is 10.8. The molecule has 0 saturated heterocycles. The van der Waals surface area contributed by atoms with Crippen LogP contribution in [0.2, 0.25) is 0 Å². The van der Waals surface area contributed by atoms with Crippen molar-refractivity contribution >= 4 is 5.78 Å². The predicted octanol–water partition coefficient (Wildman–Crippen LogP) is 3.97. The first-order valence-electron chi connectivity index (χ1n) is 7.17. The van der Waals surface area contributed by atoms with Gasteiger partial charge in [0.2, 0.25) is 0 Å². The summed E-state index contributed by atoms with van der Waals surface area (Å²) in [6.07, 6.45) is 4.32. The first kappa shape index (κ1) is 12.0. The lowest BCUT2D eigenvalue weighted by atomic mass is 9.76. The summed E-state index contributed by atoms with van der Waals surface area (Å²) in [7, 11) is 0. The number of rotatable bonds is 1. The average Bonchev–Trinajstić information content (AvgIpc) is 2.69. The topological polar surface area (TPSA) is 17.1 Å². The highest BCUT2D eigenvalue weighted by Crippen LogP contribution is 2.52. The van der Waals surface area contributed by atoms with Crippen LogP contribution in [0.4, 0.5) is 0 Å². The van der Waals surface area contributed by atoms with E-state index in [2.05, 4.69) is 44.2 Å². The molecule has 0 unspecified atom stereocenters. The molecule has 0 N–H and O–H groups in total. The van der Waals surface area contributed by atoms with E-state index in [9.17, 15) is 4.79 Å². The Balaban J connectivity index is 1.88. The van der Waals surface area contributed by atoms with Crippen molar-refractivity contribution in [1.82, 2.24) is 0 Å². The first-order valence-corrected chi connectivity index (χ1v) is 7.17. The number of carbonyl (C=O) groups excluding carboxylic acids is 1. The average molecular weight is 242 g/mol. The van der Waals surface area contributed by atoms with Crippen LogP contribution >= 0.6 is 0 Å². The molecule has 0 bridgehead atoms. The fourth-order valence-electron chi connectivity index (χ4n) is 4.25. The molecule has 2 aliphatic carbocycles. The van der Waals surface area contributed by atoms with Gasteiger partial charge in [-0.05, 0) is 42.1 Å². The third-order valence-electron chi connectivity index (χ3n) is 5.09. The Kier molecular flexibility index (Phi) is 2.80. The lowest BCUT2D eigenvalue weighted by molar-refractivity contribution is -0.127. The summed E-state index contributed by atoms with van der Waals surface area (Å²) in [4.78, 5) is 12.2. The van der Waals surface area contributed by atoms with Crippen molar-refractivity contribution in [3.05, 3.63) is 35.9 Å². The number of hydrogen-bond donors (Lipinski definition) is 0. The van der Waals surface area contributed by atoms with Gasteiger partial charge in [0, 0.05) is 12.3 Å². The Bertz CT molecular complexity index is 450. The molecule has 1 heteroatoms. The van der Waals surface area contributed by atoms with E-state index in [-0.39, 0.29) is 5.41 Å². The van der Waals surface area contributed by atoms with Crippen LogP contribution in [0.3, 0.4) is 0 Å². The molecule has 0 aliphatic heterocycles. The number of ketones is 1. The molecule has 0 aromatic heterocycles. The summed E-state index contributed by atoms with van der Waals surface area (Å²) in [5.74, 6) is 2.09. The van der Waals surface area contributed by atoms with Gasteiger partial charge in [-0.3, -0.25) is 4.79 Å². The number of hydrogen-bond acceptors (Lipinski definition) is 1. The van der Waals surface area contributed by atoms with Gasteiger partial charge in [0.25, 0.3) is 0 Å². The zero-order valence-electron chi connectivity index (χ0n) is 11.4. The molecule has 3 rings (SSSR count). The quantitative estimate of drug-likeness (QED) is 0.728. The Labute approximate surface area is 110 Å². The second kappa shape index (κ2) is 4.22. The zero-order valence-corrected chi connectivity index (χ0v) is 11.4. The molecule has 0 heterocycles. The molecular formula is C17H22O. The standard InChI is InChI=1S/C17H22O/c1-12-8-13-10-17(2,11-15(13)16(18)9-12)14-6-4-3-5-7-14/h3-7,12-13,15H,8-11H2,1-2H3/t12-,13+,15+,17-/m1/s1. The van der Waals surface area contributed by atoms with Gasteiger partial charge in [-0.2, -0.15) is 0 Å². The summed E-state index contributed by atoms with van der Waals surface area (Å²) >= 11 is 0. The first-order chi connectivity index (χ1) is 8.58. The van der Waals surface area contributed by atoms with E-state index in [0.29, 0.717) is 23.5 Å². The normalized spacial score (nSPS) is 39.7. The van der Waals surface area contributed by atoms with E-state index < -0.39 is 0 Å². The minimum absolute atomic E-state index is 0.219. The van der Waals surface area contributed by atoms with Gasteiger partial charge < -0.3 is 0 Å². The maximum Gasteiger partial charge on any atom is 0.136 e. The maximum atomic E-state index is 12.2. The lowest BCUT2D eigenvalue weighted by Gasteiger charge is -2.28. The van der Waals surface area contributed by atoms with Gasteiger partial charge in [-0.15, -0.1) is 0 Å². The summed E-state index contributed by atoms with van der Waals surface area (Å²) < 4.78 is 0. The van der Waals surface area contributed by atoms with Crippen LogP contribution in [0.5, 0.6) is 0 Å². The number of carbonyl (C=O) groups is 1. The van der Waals surface area contributed by atoms with Crippen LogP contribution in [-0.2, 0) is 10.2 Å². The van der Waals surface area contributed by atoms with Crippen molar-refractivity contribution in [3.63, 3.8) is 0 Å². The van der Waals surface area contributed by atoms with Gasteiger partial charge >= 0.3 is 0 Å². The van der Waals surface area contributed by atoms with Crippen molar-refractivity contribution < 1.29 is 4.79 Å². The predicted molar refractivity (Wildman–Crippen MR) is 73.4 cm³/mol. The molecule has 96 valence electrons. The summed E-state index contributed by atoms with van der Waals surface area (Å²) in [5, 5.41) is 0. The second-order valence-corrected chi connectivity index (χ2v) is 6.71. The minimum atomic E-state index is 0.219. The third-order valence-corrected chi connectivity index (χ3v) is 5.09. The van der Waals surface area contributed by atoms with E-state index in [0.717, 1.165) is 12.8 Å². The van der Waals surface area contributed by atoms with Crippen molar-refractivity contribution in [2.24, 2.45) is 17.8 Å². The number of Topliss-reactive ketones (excluding diaryl/α,β-unsaturated/α-hetero) is 1. The van der Waals surface area contributed by atoms with Crippen LogP contribution in [0, 0.1) is 17.8 Å². The molecule has 1 aromatic rings. The molecule has 1 aromatic carbocycles. The van der Waals surface area contributed by atoms with Crippen LogP contribution in [-0.4, -0.2) is 5.78 Å². The van der Waals surface area contributed by atoms with E-state index in [4.69, 9.17) is 0 Å². The molecule has 2 fully saturated rings. The van der Waals surface area contributed by atoms with Gasteiger partial charge in [-0.25, -0.2) is 0 Å². The molecule has 1 nitrogen and oxygen atoms in total. The van der Waals surface area contributed by atoms with E-state index in [1.807, 2.05) is 0 Å². The van der Waals surface area contributed by atoms with Crippen molar-refractivity contribution in [1.29, 1.82) is 0 Å². The molecule has 2 aliphatic rings. The van der Waals surface area contributed by atoms with Crippen molar-refractivity contribution in [3.8, 4) is 0 Å².